The Morgan fingerprint density at radius 2 is 1.54 bits per heavy atom. The molecule has 4 rings (SSSR count). The minimum atomic E-state index is -0.622. The maximum Gasteiger partial charge on any atom is 0.347 e. The number of phenols is 3. The molecule has 0 aliphatic carbocycles. The van der Waals surface area contributed by atoms with E-state index in [0.717, 1.165) is 5.56 Å². The van der Waals surface area contributed by atoms with Crippen LogP contribution in [0.4, 0.5) is 0 Å². The monoisotopic (exact) mass is 378 g/mol. The van der Waals surface area contributed by atoms with E-state index in [1.807, 2.05) is 0 Å². The van der Waals surface area contributed by atoms with E-state index in [4.69, 9.17) is 9.47 Å². The maximum absolute atomic E-state index is 12.8. The summed E-state index contributed by atoms with van der Waals surface area (Å²) < 4.78 is 11.5. The molecule has 3 N–H and O–H groups in total. The summed E-state index contributed by atoms with van der Waals surface area (Å²) in [5.41, 5.74) is 2.59. The predicted molar refractivity (Wildman–Crippen MR) is 102 cm³/mol. The molecule has 0 spiro atoms. The molecule has 1 heterocycles. The molecular formula is C22H18O6. The number of fused-ring (bicyclic) bond motifs is 2. The molecule has 1 aliphatic rings. The number of carbonyl (C=O) groups excluding carboxylic acids is 1. The number of aryl methyl sites for hydroxylation is 2. The smallest absolute Gasteiger partial charge is 0.347 e. The third-order valence-electron chi connectivity index (χ3n) is 4.71. The zero-order valence-corrected chi connectivity index (χ0v) is 15.3. The van der Waals surface area contributed by atoms with Crippen LogP contribution in [0.5, 0.6) is 34.5 Å². The van der Waals surface area contributed by atoms with Crippen LogP contribution in [-0.4, -0.2) is 21.3 Å². The molecule has 3 aromatic carbocycles. The summed E-state index contributed by atoms with van der Waals surface area (Å²) in [5, 5.41) is 29.9. The van der Waals surface area contributed by atoms with Gasteiger partial charge in [0.25, 0.3) is 0 Å². The quantitative estimate of drug-likeness (QED) is 0.454. The van der Waals surface area contributed by atoms with Gasteiger partial charge in [-0.1, -0.05) is 12.1 Å². The van der Waals surface area contributed by atoms with Crippen LogP contribution in [0.15, 0.2) is 42.5 Å². The number of rotatable bonds is 2. The third kappa shape index (κ3) is 2.99. The average molecular weight is 378 g/mol. The van der Waals surface area contributed by atoms with Crippen molar-refractivity contribution in [1.29, 1.82) is 0 Å². The molecule has 0 unspecified atom stereocenters. The molecule has 28 heavy (non-hydrogen) atoms. The van der Waals surface area contributed by atoms with Gasteiger partial charge in [0.05, 0.1) is 0 Å². The van der Waals surface area contributed by atoms with E-state index in [2.05, 4.69) is 0 Å². The van der Waals surface area contributed by atoms with Gasteiger partial charge >= 0.3 is 5.97 Å². The van der Waals surface area contributed by atoms with Gasteiger partial charge in [-0.05, 0) is 54.8 Å². The Balaban J connectivity index is 1.90. The third-order valence-corrected chi connectivity index (χ3v) is 4.71. The summed E-state index contributed by atoms with van der Waals surface area (Å²) in [5.74, 6) is 0.126. The zero-order chi connectivity index (χ0) is 20.0. The fraction of sp³-hybridized carbons (Fsp3) is 0.136. The largest absolute Gasteiger partial charge is 0.508 e. The molecule has 0 bridgehead atoms. The summed E-state index contributed by atoms with van der Waals surface area (Å²) in [7, 11) is 0. The van der Waals surface area contributed by atoms with Crippen LogP contribution in [0.1, 0.15) is 32.6 Å². The Hall–Kier alpha value is -3.67. The number of carbonyl (C=O) groups is 1. The molecule has 6 heteroatoms. The molecule has 0 fully saturated rings. The first kappa shape index (κ1) is 17.7. The fourth-order valence-electron chi connectivity index (χ4n) is 3.35. The van der Waals surface area contributed by atoms with Crippen molar-refractivity contribution in [2.45, 2.75) is 20.3 Å². The zero-order valence-electron chi connectivity index (χ0n) is 15.3. The van der Waals surface area contributed by atoms with Crippen LogP contribution in [0.25, 0.3) is 0 Å². The minimum absolute atomic E-state index is 0.00277. The molecule has 0 radical (unpaired) electrons. The summed E-state index contributed by atoms with van der Waals surface area (Å²) in [6, 6.07) is 10.9. The number of hydrogen-bond acceptors (Lipinski definition) is 6. The molecular weight excluding hydrogens is 360 g/mol. The molecule has 0 saturated heterocycles. The second-order valence-corrected chi connectivity index (χ2v) is 6.82. The van der Waals surface area contributed by atoms with E-state index in [1.54, 1.807) is 38.1 Å². The lowest BCUT2D eigenvalue weighted by atomic mass is 9.96. The molecule has 0 saturated carbocycles. The first-order valence-electron chi connectivity index (χ1n) is 8.70. The SMILES string of the molecule is Cc1cc(O)cc2c1Oc1c(Cc3ccc(O)cc3)c(O)cc(C)c1C(=O)O2. The van der Waals surface area contributed by atoms with Gasteiger partial charge in [-0.3, -0.25) is 0 Å². The molecule has 3 aromatic rings. The van der Waals surface area contributed by atoms with Crippen molar-refractivity contribution in [3.05, 3.63) is 70.3 Å². The highest BCUT2D eigenvalue weighted by Gasteiger charge is 2.30. The summed E-state index contributed by atoms with van der Waals surface area (Å²) in [6.45, 7) is 3.42. The molecule has 1 aliphatic heterocycles. The van der Waals surface area contributed by atoms with Crippen molar-refractivity contribution in [2.75, 3.05) is 0 Å². The number of ether oxygens (including phenoxy) is 2. The van der Waals surface area contributed by atoms with E-state index in [-0.39, 0.29) is 40.7 Å². The Bertz CT molecular complexity index is 1100. The number of hydrogen-bond donors (Lipinski definition) is 3. The van der Waals surface area contributed by atoms with Crippen LogP contribution < -0.4 is 9.47 Å². The summed E-state index contributed by atoms with van der Waals surface area (Å²) >= 11 is 0. The van der Waals surface area contributed by atoms with Gasteiger partial charge in [0, 0.05) is 18.1 Å². The maximum atomic E-state index is 12.8. The van der Waals surface area contributed by atoms with Crippen LogP contribution in [-0.2, 0) is 6.42 Å². The Morgan fingerprint density at radius 3 is 2.25 bits per heavy atom. The Labute approximate surface area is 161 Å². The highest BCUT2D eigenvalue weighted by Crippen LogP contribution is 2.46. The van der Waals surface area contributed by atoms with Gasteiger partial charge in [0.1, 0.15) is 28.6 Å². The lowest BCUT2D eigenvalue weighted by molar-refractivity contribution is 0.0736. The highest BCUT2D eigenvalue weighted by atomic mass is 16.6. The van der Waals surface area contributed by atoms with Crippen LogP contribution >= 0.6 is 0 Å². The molecule has 142 valence electrons. The van der Waals surface area contributed by atoms with E-state index < -0.39 is 5.97 Å². The normalized spacial score (nSPS) is 12.4. The van der Waals surface area contributed by atoms with E-state index in [1.165, 1.54) is 18.2 Å². The van der Waals surface area contributed by atoms with Gasteiger partial charge in [-0.25, -0.2) is 4.79 Å². The molecule has 0 aromatic heterocycles. The van der Waals surface area contributed by atoms with Gasteiger partial charge < -0.3 is 24.8 Å². The van der Waals surface area contributed by atoms with E-state index in [9.17, 15) is 20.1 Å². The number of benzene rings is 3. The average Bonchev–Trinajstić information content (AvgIpc) is 2.76. The fourth-order valence-corrected chi connectivity index (χ4v) is 3.35. The van der Waals surface area contributed by atoms with Crippen molar-refractivity contribution >= 4 is 5.97 Å². The van der Waals surface area contributed by atoms with Crippen molar-refractivity contribution in [2.24, 2.45) is 0 Å². The van der Waals surface area contributed by atoms with Crippen molar-refractivity contribution in [3.63, 3.8) is 0 Å². The van der Waals surface area contributed by atoms with Crippen molar-refractivity contribution < 1.29 is 29.6 Å². The number of aromatic hydroxyl groups is 3. The Kier molecular flexibility index (Phi) is 4.11. The van der Waals surface area contributed by atoms with E-state index >= 15 is 0 Å². The lowest BCUT2D eigenvalue weighted by Gasteiger charge is -2.16. The topological polar surface area (TPSA) is 96.2 Å². The second-order valence-electron chi connectivity index (χ2n) is 6.82. The lowest BCUT2D eigenvalue weighted by Crippen LogP contribution is -2.10. The molecule has 0 amide bonds. The minimum Gasteiger partial charge on any atom is -0.508 e. The van der Waals surface area contributed by atoms with Crippen LogP contribution in [0, 0.1) is 13.8 Å². The number of esters is 1. The first-order chi connectivity index (χ1) is 13.3. The molecule has 0 atom stereocenters. The van der Waals surface area contributed by atoms with Gasteiger partial charge in [-0.15, -0.1) is 0 Å². The van der Waals surface area contributed by atoms with E-state index in [0.29, 0.717) is 22.4 Å². The first-order valence-corrected chi connectivity index (χ1v) is 8.70. The predicted octanol–water partition coefficient (Wildman–Crippen LogP) is 4.34. The van der Waals surface area contributed by atoms with Gasteiger partial charge in [0.15, 0.2) is 11.5 Å². The second kappa shape index (κ2) is 6.49. The summed E-state index contributed by atoms with van der Waals surface area (Å²) in [6.07, 6.45) is 0.286. The van der Waals surface area contributed by atoms with Gasteiger partial charge in [-0.2, -0.15) is 0 Å². The highest BCUT2D eigenvalue weighted by molar-refractivity contribution is 5.98. The Morgan fingerprint density at radius 1 is 0.821 bits per heavy atom. The van der Waals surface area contributed by atoms with Crippen LogP contribution in [0.2, 0.25) is 0 Å². The summed E-state index contributed by atoms with van der Waals surface area (Å²) in [4.78, 5) is 12.8. The van der Waals surface area contributed by atoms with Gasteiger partial charge in [0.2, 0.25) is 0 Å². The standard InChI is InChI=1S/C22H18O6/c1-11-8-17(25)16(9-13-3-5-14(23)6-4-13)21-19(11)22(26)27-18-10-15(24)7-12(2)20(18)28-21/h3-8,10,23-25H,9H2,1-2H3. The van der Waals surface area contributed by atoms with Crippen molar-refractivity contribution in [3.8, 4) is 34.5 Å². The van der Waals surface area contributed by atoms with Crippen molar-refractivity contribution in [1.82, 2.24) is 0 Å². The number of phenolic OH excluding ortho intramolecular Hbond substituents is 3. The molecule has 6 nitrogen and oxygen atoms in total. The van der Waals surface area contributed by atoms with Crippen LogP contribution in [0.3, 0.4) is 0 Å².